The van der Waals surface area contributed by atoms with Crippen molar-refractivity contribution in [2.45, 2.75) is 11.6 Å². The number of rotatable bonds is 2. The van der Waals surface area contributed by atoms with Crippen LogP contribution < -0.4 is 19.8 Å². The van der Waals surface area contributed by atoms with Crippen molar-refractivity contribution in [3.8, 4) is 0 Å². The number of hydrogen-bond acceptors (Lipinski definition) is 2. The third-order valence-electron chi connectivity index (χ3n) is 1.23. The minimum atomic E-state index is -0.221. The molecule has 10 heavy (non-hydrogen) atoms. The second-order valence-electron chi connectivity index (χ2n) is 1.72. The summed E-state index contributed by atoms with van der Waals surface area (Å²) in [7, 11) is 0. The molecule has 0 aliphatic heterocycles. The van der Waals surface area contributed by atoms with Gasteiger partial charge in [0.2, 0.25) is 0 Å². The second kappa shape index (κ2) is 3.02. The van der Waals surface area contributed by atoms with Gasteiger partial charge in [-0.25, -0.2) is 0 Å². The van der Waals surface area contributed by atoms with E-state index in [0.29, 0.717) is 0 Å². The zero-order valence-electron chi connectivity index (χ0n) is 5.63. The fourth-order valence-corrected chi connectivity index (χ4v) is 4.87. The van der Waals surface area contributed by atoms with Gasteiger partial charge < -0.3 is 0 Å². The predicted octanol–water partition coefficient (Wildman–Crippen LogP) is -1.96. The zero-order chi connectivity index (χ0) is 7.72. The Bertz CT molecular complexity index is 277. The van der Waals surface area contributed by atoms with Gasteiger partial charge in [-0.05, 0) is 0 Å². The van der Waals surface area contributed by atoms with Crippen molar-refractivity contribution in [2.75, 3.05) is 0 Å². The molecule has 0 bridgehead atoms. The molecule has 0 spiro atoms. The molecule has 0 aliphatic rings. The Hall–Kier alpha value is 0.119. The van der Waals surface area contributed by atoms with Crippen LogP contribution in [0.2, 0.25) is 11.6 Å². The molecule has 0 unspecified atom stereocenters. The molecule has 54 valence electrons. The van der Waals surface area contributed by atoms with Crippen molar-refractivity contribution < 1.29 is 0 Å². The Balaban J connectivity index is 3.16. The van der Waals surface area contributed by atoms with Gasteiger partial charge in [0.1, 0.15) is 0 Å². The molecule has 0 saturated heterocycles. The van der Waals surface area contributed by atoms with E-state index in [1.807, 2.05) is 11.6 Å². The van der Waals surface area contributed by atoms with Gasteiger partial charge in [-0.15, -0.1) is 0 Å². The second-order valence-corrected chi connectivity index (χ2v) is 5.15. The molecule has 0 aliphatic carbocycles. The van der Waals surface area contributed by atoms with E-state index in [2.05, 4.69) is 0 Å². The fraction of sp³-hybridized carbons (Fsp3) is 0.333. The molecule has 0 heterocycles. The monoisotopic (exact) mass is 270 g/mol. The number of hydrogen-bond donors (Lipinski definition) is 0. The Morgan fingerprint density at radius 3 is 1.40 bits per heavy atom. The summed E-state index contributed by atoms with van der Waals surface area (Å²) in [5.74, 6) is 3.94. The Morgan fingerprint density at radius 2 is 1.20 bits per heavy atom. The standard InChI is InChI=1S/C6H6O2Se2/c1-9-5-3(7)4(8)6(5)10-2/h1-2H3. The van der Waals surface area contributed by atoms with Crippen LogP contribution in [-0.2, 0) is 0 Å². The normalized spacial score (nSPS) is 10.6. The molecule has 1 aromatic rings. The summed E-state index contributed by atoms with van der Waals surface area (Å²) >= 11 is 0.441. The Kier molecular flexibility index (Phi) is 2.48. The molecular formula is C6H6O2Se2. The third kappa shape index (κ3) is 1.02. The molecule has 0 atom stereocenters. The molecule has 1 aromatic carbocycles. The molecule has 0 fully saturated rings. The molecule has 0 N–H and O–H groups in total. The van der Waals surface area contributed by atoms with E-state index in [9.17, 15) is 9.59 Å². The zero-order valence-corrected chi connectivity index (χ0v) is 9.06. The minimum absolute atomic E-state index is 0.220. The molecule has 4 heteroatoms. The first-order valence-electron chi connectivity index (χ1n) is 2.63. The van der Waals surface area contributed by atoms with Crippen molar-refractivity contribution in [1.29, 1.82) is 0 Å². The average Bonchev–Trinajstić information content (AvgIpc) is 1.97. The third-order valence-corrected chi connectivity index (χ3v) is 5.24. The first-order valence-corrected chi connectivity index (χ1v) is 7.77. The first-order chi connectivity index (χ1) is 4.72. The van der Waals surface area contributed by atoms with Crippen LogP contribution in [0, 0.1) is 0 Å². The van der Waals surface area contributed by atoms with Crippen LogP contribution in [-0.4, -0.2) is 29.9 Å². The van der Waals surface area contributed by atoms with Crippen LogP contribution in [0.25, 0.3) is 0 Å². The van der Waals surface area contributed by atoms with Crippen molar-refractivity contribution in [1.82, 2.24) is 0 Å². The van der Waals surface area contributed by atoms with Gasteiger partial charge in [0.15, 0.2) is 0 Å². The van der Waals surface area contributed by atoms with E-state index in [-0.39, 0.29) is 40.8 Å². The van der Waals surface area contributed by atoms with Crippen molar-refractivity contribution in [2.24, 2.45) is 0 Å². The molecule has 0 aromatic heterocycles. The van der Waals surface area contributed by atoms with E-state index >= 15 is 0 Å². The maximum atomic E-state index is 10.8. The summed E-state index contributed by atoms with van der Waals surface area (Å²) < 4.78 is 1.67. The quantitative estimate of drug-likeness (QED) is 0.461. The summed E-state index contributed by atoms with van der Waals surface area (Å²) in [6, 6.07) is 0. The summed E-state index contributed by atoms with van der Waals surface area (Å²) in [4.78, 5) is 21.6. The van der Waals surface area contributed by atoms with Gasteiger partial charge in [-0.3, -0.25) is 0 Å². The molecule has 0 radical (unpaired) electrons. The summed E-state index contributed by atoms with van der Waals surface area (Å²) in [5.41, 5.74) is -0.442. The van der Waals surface area contributed by atoms with Gasteiger partial charge >= 0.3 is 70.9 Å². The topological polar surface area (TPSA) is 34.1 Å². The van der Waals surface area contributed by atoms with E-state index in [0.717, 1.165) is 8.92 Å². The van der Waals surface area contributed by atoms with Crippen LogP contribution in [0.3, 0.4) is 0 Å². The summed E-state index contributed by atoms with van der Waals surface area (Å²) in [5, 5.41) is 0. The molecular weight excluding hydrogens is 262 g/mol. The van der Waals surface area contributed by atoms with Gasteiger partial charge in [-0.1, -0.05) is 0 Å². The van der Waals surface area contributed by atoms with Crippen LogP contribution in [0.15, 0.2) is 9.59 Å². The van der Waals surface area contributed by atoms with Crippen LogP contribution in [0.1, 0.15) is 0 Å². The van der Waals surface area contributed by atoms with E-state index in [1.54, 1.807) is 0 Å². The van der Waals surface area contributed by atoms with Crippen molar-refractivity contribution in [3.63, 3.8) is 0 Å². The Morgan fingerprint density at radius 1 is 0.900 bits per heavy atom. The molecule has 2 nitrogen and oxygen atoms in total. The SMILES string of the molecule is C[Se]c1c([Se]C)c(=O)c1=O. The first kappa shape index (κ1) is 8.22. The van der Waals surface area contributed by atoms with Gasteiger partial charge in [-0.2, -0.15) is 0 Å². The molecule has 0 saturated carbocycles. The summed E-state index contributed by atoms with van der Waals surface area (Å²) in [6.07, 6.45) is 0. The van der Waals surface area contributed by atoms with Crippen molar-refractivity contribution >= 4 is 38.8 Å². The van der Waals surface area contributed by atoms with Crippen molar-refractivity contribution in [3.05, 3.63) is 20.4 Å². The van der Waals surface area contributed by atoms with Crippen LogP contribution >= 0.6 is 0 Å². The van der Waals surface area contributed by atoms with E-state index in [1.165, 1.54) is 0 Å². The fourth-order valence-electron chi connectivity index (χ4n) is 0.721. The Labute approximate surface area is 71.0 Å². The average molecular weight is 268 g/mol. The van der Waals surface area contributed by atoms with Crippen LogP contribution in [0.5, 0.6) is 0 Å². The van der Waals surface area contributed by atoms with E-state index < -0.39 is 0 Å². The predicted molar refractivity (Wildman–Crippen MR) is 43.9 cm³/mol. The maximum absolute atomic E-state index is 10.8. The van der Waals surface area contributed by atoms with Gasteiger partial charge in [0.05, 0.1) is 0 Å². The summed E-state index contributed by atoms with van der Waals surface area (Å²) in [6.45, 7) is 0. The molecule has 0 amide bonds. The van der Waals surface area contributed by atoms with Crippen LogP contribution in [0.4, 0.5) is 0 Å². The molecule has 1 rings (SSSR count). The van der Waals surface area contributed by atoms with Gasteiger partial charge in [0.25, 0.3) is 0 Å². The van der Waals surface area contributed by atoms with E-state index in [4.69, 9.17) is 0 Å². The van der Waals surface area contributed by atoms with Gasteiger partial charge in [0, 0.05) is 0 Å².